The third-order valence-electron chi connectivity index (χ3n) is 3.23. The first-order chi connectivity index (χ1) is 8.73. The van der Waals surface area contributed by atoms with Crippen LogP contribution in [0.4, 0.5) is 0 Å². The lowest BCUT2D eigenvalue weighted by atomic mass is 9.95. The molecule has 1 aromatic carbocycles. The van der Waals surface area contributed by atoms with Crippen LogP contribution in [0.3, 0.4) is 0 Å². The van der Waals surface area contributed by atoms with Gasteiger partial charge in [0, 0.05) is 6.04 Å². The van der Waals surface area contributed by atoms with Crippen molar-refractivity contribution in [1.29, 1.82) is 0 Å². The fraction of sp³-hybridized carbons (Fsp3) is 0.600. The molecule has 0 radical (unpaired) electrons. The van der Waals surface area contributed by atoms with E-state index in [1.165, 1.54) is 0 Å². The van der Waals surface area contributed by atoms with E-state index in [-0.39, 0.29) is 11.3 Å². The molecule has 2 N–H and O–H groups in total. The summed E-state index contributed by atoms with van der Waals surface area (Å²) in [7, 11) is -3.16. The Balaban J connectivity index is 2.78. The topological polar surface area (TPSA) is 60.2 Å². The summed E-state index contributed by atoms with van der Waals surface area (Å²) in [5, 5.41) is -0.379. The molecule has 0 amide bonds. The van der Waals surface area contributed by atoms with E-state index in [9.17, 15) is 8.42 Å². The fourth-order valence-corrected chi connectivity index (χ4v) is 3.27. The summed E-state index contributed by atoms with van der Waals surface area (Å²) in [6.07, 6.45) is 1.91. The molecule has 0 aromatic heterocycles. The minimum atomic E-state index is -3.16. The van der Waals surface area contributed by atoms with Gasteiger partial charge in [0.1, 0.15) is 0 Å². The smallest absolute Gasteiger partial charge is 0.180 e. The van der Waals surface area contributed by atoms with Gasteiger partial charge in [-0.15, -0.1) is 0 Å². The van der Waals surface area contributed by atoms with Gasteiger partial charge in [0.15, 0.2) is 9.84 Å². The number of rotatable bonds is 6. The molecule has 2 unspecified atom stereocenters. The number of benzene rings is 1. The zero-order chi connectivity index (χ0) is 14.6. The summed E-state index contributed by atoms with van der Waals surface area (Å²) in [5.41, 5.74) is 6.94. The first-order valence-electron chi connectivity index (χ1n) is 6.82. The van der Waals surface area contributed by atoms with Crippen LogP contribution in [-0.4, -0.2) is 19.7 Å². The van der Waals surface area contributed by atoms with Crippen molar-refractivity contribution in [3.8, 4) is 0 Å². The Morgan fingerprint density at radius 1 is 1.05 bits per heavy atom. The molecule has 0 bridgehead atoms. The maximum absolute atomic E-state index is 12.0. The second-order valence-electron chi connectivity index (χ2n) is 5.76. The normalized spacial score (nSPS) is 15.5. The van der Waals surface area contributed by atoms with Crippen molar-refractivity contribution in [3.05, 3.63) is 29.8 Å². The second kappa shape index (κ2) is 6.53. The molecule has 1 rings (SSSR count). The van der Waals surface area contributed by atoms with E-state index in [1.807, 2.05) is 19.1 Å². The predicted molar refractivity (Wildman–Crippen MR) is 79.9 cm³/mol. The summed E-state index contributed by atoms with van der Waals surface area (Å²) >= 11 is 0. The summed E-state index contributed by atoms with van der Waals surface area (Å²) in [6.45, 7) is 7.58. The van der Waals surface area contributed by atoms with Gasteiger partial charge in [0.05, 0.1) is 10.1 Å². The van der Waals surface area contributed by atoms with Crippen molar-refractivity contribution >= 4 is 9.84 Å². The highest BCUT2D eigenvalue weighted by atomic mass is 32.2. The van der Waals surface area contributed by atoms with Gasteiger partial charge in [0.2, 0.25) is 0 Å². The molecule has 4 heteroatoms. The number of sulfone groups is 1. The van der Waals surface area contributed by atoms with E-state index in [1.54, 1.807) is 26.0 Å². The second-order valence-corrected chi connectivity index (χ2v) is 8.26. The van der Waals surface area contributed by atoms with Crippen molar-refractivity contribution in [2.45, 2.75) is 56.7 Å². The van der Waals surface area contributed by atoms with Gasteiger partial charge in [-0.25, -0.2) is 8.42 Å². The zero-order valence-electron chi connectivity index (χ0n) is 12.3. The monoisotopic (exact) mass is 283 g/mol. The van der Waals surface area contributed by atoms with E-state index >= 15 is 0 Å². The molecule has 0 fully saturated rings. The predicted octanol–water partition coefficient (Wildman–Crippen LogP) is 2.78. The zero-order valence-corrected chi connectivity index (χ0v) is 13.1. The van der Waals surface area contributed by atoms with Crippen LogP contribution in [0.5, 0.6) is 0 Å². The van der Waals surface area contributed by atoms with Crippen LogP contribution in [0.1, 0.15) is 39.7 Å². The van der Waals surface area contributed by atoms with E-state index in [4.69, 9.17) is 5.73 Å². The summed E-state index contributed by atoms with van der Waals surface area (Å²) in [6, 6.07) is 7.45. The first kappa shape index (κ1) is 16.2. The number of hydrogen-bond donors (Lipinski definition) is 1. The quantitative estimate of drug-likeness (QED) is 0.873. The number of nitrogens with two attached hydrogens (primary N) is 1. The molecule has 0 saturated carbocycles. The summed E-state index contributed by atoms with van der Waals surface area (Å²) in [5.74, 6) is 0.507. The van der Waals surface area contributed by atoms with Crippen LogP contribution >= 0.6 is 0 Å². The van der Waals surface area contributed by atoms with Gasteiger partial charge in [-0.3, -0.25) is 0 Å². The lowest BCUT2D eigenvalue weighted by Crippen LogP contribution is -2.19. The molecule has 0 aliphatic heterocycles. The fourth-order valence-electron chi connectivity index (χ4n) is 2.21. The van der Waals surface area contributed by atoms with Gasteiger partial charge < -0.3 is 5.73 Å². The minimum Gasteiger partial charge on any atom is -0.328 e. The molecule has 0 aliphatic carbocycles. The molecule has 108 valence electrons. The molecule has 0 heterocycles. The van der Waals surface area contributed by atoms with Gasteiger partial charge in [-0.1, -0.05) is 19.1 Å². The van der Waals surface area contributed by atoms with Crippen LogP contribution in [0.15, 0.2) is 29.2 Å². The molecule has 0 spiro atoms. The summed E-state index contributed by atoms with van der Waals surface area (Å²) < 4.78 is 24.0. The van der Waals surface area contributed by atoms with E-state index in [0.717, 1.165) is 18.4 Å². The van der Waals surface area contributed by atoms with Gasteiger partial charge in [-0.05, 0) is 57.2 Å². The Morgan fingerprint density at radius 3 is 2.00 bits per heavy atom. The van der Waals surface area contributed by atoms with Gasteiger partial charge >= 0.3 is 0 Å². The standard InChI is InChI=1S/C15H25NO2S/c1-11(2)19(17,18)15-7-5-14(6-8-15)10-12(3)9-13(4)16/h5-8,11-13H,9-10,16H2,1-4H3. The van der Waals surface area contributed by atoms with Crippen LogP contribution < -0.4 is 5.73 Å². The highest BCUT2D eigenvalue weighted by Gasteiger charge is 2.18. The van der Waals surface area contributed by atoms with E-state index < -0.39 is 9.84 Å². The molecule has 19 heavy (non-hydrogen) atoms. The van der Waals surface area contributed by atoms with Crippen molar-refractivity contribution < 1.29 is 8.42 Å². The average Bonchev–Trinajstić information content (AvgIpc) is 2.28. The Bertz CT molecular complexity index is 489. The highest BCUT2D eigenvalue weighted by Crippen LogP contribution is 2.19. The molecule has 0 saturated heterocycles. The van der Waals surface area contributed by atoms with Crippen molar-refractivity contribution in [2.24, 2.45) is 11.7 Å². The molecule has 1 aromatic rings. The average molecular weight is 283 g/mol. The van der Waals surface area contributed by atoms with Gasteiger partial charge in [0.25, 0.3) is 0 Å². The number of hydrogen-bond acceptors (Lipinski definition) is 3. The SMILES string of the molecule is CC(N)CC(C)Cc1ccc(S(=O)(=O)C(C)C)cc1. The van der Waals surface area contributed by atoms with Crippen LogP contribution in [-0.2, 0) is 16.3 Å². The Kier molecular flexibility index (Phi) is 5.56. The molecular formula is C15H25NO2S. The van der Waals surface area contributed by atoms with Gasteiger partial charge in [-0.2, -0.15) is 0 Å². The minimum absolute atomic E-state index is 0.204. The van der Waals surface area contributed by atoms with Crippen molar-refractivity contribution in [1.82, 2.24) is 0 Å². The van der Waals surface area contributed by atoms with Crippen LogP contribution in [0.2, 0.25) is 0 Å². The molecular weight excluding hydrogens is 258 g/mol. The highest BCUT2D eigenvalue weighted by molar-refractivity contribution is 7.92. The van der Waals surface area contributed by atoms with E-state index in [2.05, 4.69) is 6.92 Å². The molecule has 3 nitrogen and oxygen atoms in total. The third kappa shape index (κ3) is 4.62. The van der Waals surface area contributed by atoms with Crippen molar-refractivity contribution in [2.75, 3.05) is 0 Å². The van der Waals surface area contributed by atoms with Crippen molar-refractivity contribution in [3.63, 3.8) is 0 Å². The molecule has 0 aliphatic rings. The lowest BCUT2D eigenvalue weighted by molar-refractivity contribution is 0.480. The maximum atomic E-state index is 12.0. The third-order valence-corrected chi connectivity index (χ3v) is 5.40. The van der Waals surface area contributed by atoms with Crippen LogP contribution in [0.25, 0.3) is 0 Å². The summed E-state index contributed by atoms with van der Waals surface area (Å²) in [4.78, 5) is 0.408. The first-order valence-corrected chi connectivity index (χ1v) is 8.36. The Labute approximate surface area is 117 Å². The van der Waals surface area contributed by atoms with E-state index in [0.29, 0.717) is 10.8 Å². The largest absolute Gasteiger partial charge is 0.328 e. The molecule has 2 atom stereocenters. The Morgan fingerprint density at radius 2 is 1.58 bits per heavy atom. The maximum Gasteiger partial charge on any atom is 0.180 e. The van der Waals surface area contributed by atoms with Crippen LogP contribution in [0, 0.1) is 5.92 Å². The Hall–Kier alpha value is -0.870. The lowest BCUT2D eigenvalue weighted by Gasteiger charge is -2.14.